The Morgan fingerprint density at radius 1 is 1.31 bits per heavy atom. The number of fused-ring (bicyclic) bond motifs is 1. The number of hydrogen-bond acceptors (Lipinski definition) is 3. The molecule has 0 bridgehead atoms. The molecule has 0 spiro atoms. The molecule has 0 amide bonds. The van der Waals surface area contributed by atoms with Gasteiger partial charge in [0.25, 0.3) is 0 Å². The number of aliphatic hydroxyl groups excluding tert-OH is 1. The zero-order chi connectivity index (χ0) is 11.4. The second kappa shape index (κ2) is 5.34. The van der Waals surface area contributed by atoms with E-state index in [0.29, 0.717) is 11.8 Å². The largest absolute Gasteiger partial charge is 0.444 e. The molecule has 1 aromatic carbocycles. The molecule has 4 heteroatoms. The number of nitrogens with one attached hydrogen (secondary N) is 1. The Morgan fingerprint density at radius 2 is 2.12 bits per heavy atom. The maximum Gasteiger partial charge on any atom is 0.199 e. The fraction of sp³-hybridized carbons (Fsp3) is 0.333. The van der Waals surface area contributed by atoms with Gasteiger partial charge in [-0.3, -0.25) is 0 Å². The first-order chi connectivity index (χ1) is 7.83. The lowest BCUT2D eigenvalue weighted by molar-refractivity contribution is 0.286. The molecule has 0 atom stereocenters. The number of hydrogen-bond donors (Lipinski definition) is 2. The van der Waals surface area contributed by atoms with Crippen molar-refractivity contribution in [3.8, 4) is 0 Å². The molecule has 0 aliphatic rings. The van der Waals surface area contributed by atoms with Crippen molar-refractivity contribution in [2.45, 2.75) is 13.0 Å². The second-order valence-corrected chi connectivity index (χ2v) is 3.95. The molecule has 1 aromatic heterocycles. The average Bonchev–Trinajstić information content (AvgIpc) is 2.61. The van der Waals surface area contributed by atoms with Crippen LogP contribution in [0.25, 0.3) is 11.0 Å². The molecule has 0 unspecified atom stereocenters. The number of rotatable bonds is 5. The van der Waals surface area contributed by atoms with E-state index >= 15 is 0 Å². The lowest BCUT2D eigenvalue weighted by Gasteiger charge is -2.01. The second-order valence-electron chi connectivity index (χ2n) is 3.60. The van der Waals surface area contributed by atoms with Crippen LogP contribution in [0, 0.1) is 0 Å². The van der Waals surface area contributed by atoms with Gasteiger partial charge in [0.15, 0.2) is 5.22 Å². The fourth-order valence-corrected chi connectivity index (χ4v) is 1.90. The Kier molecular flexibility index (Phi) is 3.83. The van der Waals surface area contributed by atoms with Crippen LogP contribution in [0.5, 0.6) is 0 Å². The first-order valence-corrected chi connectivity index (χ1v) is 5.68. The van der Waals surface area contributed by atoms with Crippen molar-refractivity contribution in [2.24, 2.45) is 0 Å². The normalized spacial score (nSPS) is 11.1. The Balaban J connectivity index is 2.13. The molecular formula is C12H14ClNO2. The van der Waals surface area contributed by atoms with Crippen LogP contribution in [0.1, 0.15) is 12.0 Å². The predicted molar refractivity (Wildman–Crippen MR) is 64.6 cm³/mol. The highest BCUT2D eigenvalue weighted by molar-refractivity contribution is 6.30. The minimum Gasteiger partial charge on any atom is -0.444 e. The van der Waals surface area contributed by atoms with Gasteiger partial charge in [-0.2, -0.15) is 0 Å². The highest BCUT2D eigenvalue weighted by Gasteiger charge is 2.10. The van der Waals surface area contributed by atoms with E-state index in [2.05, 4.69) is 5.32 Å². The van der Waals surface area contributed by atoms with Crippen LogP contribution in [0.2, 0.25) is 5.22 Å². The van der Waals surface area contributed by atoms with Crippen LogP contribution in [-0.4, -0.2) is 18.3 Å². The summed E-state index contributed by atoms with van der Waals surface area (Å²) in [5, 5.41) is 13.4. The van der Waals surface area contributed by atoms with Gasteiger partial charge in [-0.1, -0.05) is 18.2 Å². The summed E-state index contributed by atoms with van der Waals surface area (Å²) < 4.78 is 5.43. The van der Waals surface area contributed by atoms with E-state index < -0.39 is 0 Å². The van der Waals surface area contributed by atoms with E-state index in [0.717, 1.165) is 29.5 Å². The maximum atomic E-state index is 8.67. The molecule has 0 radical (unpaired) electrons. The van der Waals surface area contributed by atoms with Crippen LogP contribution in [0.15, 0.2) is 28.7 Å². The molecule has 0 aliphatic carbocycles. The average molecular weight is 240 g/mol. The molecule has 0 saturated heterocycles. The molecule has 2 N–H and O–H groups in total. The topological polar surface area (TPSA) is 45.4 Å². The Labute approximate surface area is 99.0 Å². The summed E-state index contributed by atoms with van der Waals surface area (Å²) in [5.41, 5.74) is 1.79. The third kappa shape index (κ3) is 2.38. The number of benzene rings is 1. The van der Waals surface area contributed by atoms with E-state index in [-0.39, 0.29) is 6.61 Å². The molecular weight excluding hydrogens is 226 g/mol. The zero-order valence-electron chi connectivity index (χ0n) is 8.87. The monoisotopic (exact) mass is 239 g/mol. The molecule has 2 rings (SSSR count). The van der Waals surface area contributed by atoms with Gasteiger partial charge in [-0.15, -0.1) is 0 Å². The third-order valence-electron chi connectivity index (χ3n) is 2.46. The quantitative estimate of drug-likeness (QED) is 0.789. The summed E-state index contributed by atoms with van der Waals surface area (Å²) in [6, 6.07) is 7.78. The van der Waals surface area contributed by atoms with E-state index in [9.17, 15) is 0 Å². The lowest BCUT2D eigenvalue weighted by atomic mass is 10.2. The highest BCUT2D eigenvalue weighted by Crippen LogP contribution is 2.29. The molecule has 0 aliphatic heterocycles. The first-order valence-electron chi connectivity index (χ1n) is 5.30. The Hall–Kier alpha value is -1.03. The summed E-state index contributed by atoms with van der Waals surface area (Å²) in [6.07, 6.45) is 0.743. The number of furan rings is 1. The van der Waals surface area contributed by atoms with Gasteiger partial charge in [0, 0.05) is 24.1 Å². The van der Waals surface area contributed by atoms with Crippen LogP contribution >= 0.6 is 11.6 Å². The lowest BCUT2D eigenvalue weighted by Crippen LogP contribution is -2.15. The van der Waals surface area contributed by atoms with E-state index in [1.54, 1.807) is 0 Å². The van der Waals surface area contributed by atoms with Gasteiger partial charge in [0.05, 0.1) is 0 Å². The first kappa shape index (κ1) is 11.5. The van der Waals surface area contributed by atoms with Crippen molar-refractivity contribution >= 4 is 22.6 Å². The molecule has 0 fully saturated rings. The molecule has 3 nitrogen and oxygen atoms in total. The number of para-hydroxylation sites is 1. The van der Waals surface area contributed by atoms with Crippen LogP contribution in [0.3, 0.4) is 0 Å². The van der Waals surface area contributed by atoms with Crippen molar-refractivity contribution in [1.82, 2.24) is 5.32 Å². The number of halogens is 1. The van der Waals surface area contributed by atoms with Crippen LogP contribution in [-0.2, 0) is 6.54 Å². The minimum atomic E-state index is 0.201. The van der Waals surface area contributed by atoms with Gasteiger partial charge < -0.3 is 14.8 Å². The summed E-state index contributed by atoms with van der Waals surface area (Å²) in [7, 11) is 0. The molecule has 1 heterocycles. The number of aliphatic hydroxyl groups is 1. The summed E-state index contributed by atoms with van der Waals surface area (Å²) in [5.74, 6) is 0. The smallest absolute Gasteiger partial charge is 0.199 e. The summed E-state index contributed by atoms with van der Waals surface area (Å²) >= 11 is 6.02. The van der Waals surface area contributed by atoms with Crippen molar-refractivity contribution in [3.05, 3.63) is 35.0 Å². The summed E-state index contributed by atoms with van der Waals surface area (Å²) in [4.78, 5) is 0. The van der Waals surface area contributed by atoms with Crippen molar-refractivity contribution in [3.63, 3.8) is 0 Å². The SMILES string of the molecule is OCCCNCc1c(Cl)oc2ccccc12. The van der Waals surface area contributed by atoms with Gasteiger partial charge >= 0.3 is 0 Å². The van der Waals surface area contributed by atoms with Crippen molar-refractivity contribution in [2.75, 3.05) is 13.2 Å². The Morgan fingerprint density at radius 3 is 2.94 bits per heavy atom. The molecule has 16 heavy (non-hydrogen) atoms. The van der Waals surface area contributed by atoms with Gasteiger partial charge in [0.2, 0.25) is 0 Å². The van der Waals surface area contributed by atoms with Gasteiger partial charge in [-0.05, 0) is 30.6 Å². The van der Waals surface area contributed by atoms with Crippen molar-refractivity contribution in [1.29, 1.82) is 0 Å². The van der Waals surface area contributed by atoms with E-state index in [1.165, 1.54) is 0 Å². The molecule has 0 saturated carbocycles. The van der Waals surface area contributed by atoms with Gasteiger partial charge in [-0.25, -0.2) is 0 Å². The Bertz CT molecular complexity index is 467. The zero-order valence-corrected chi connectivity index (χ0v) is 9.63. The minimum absolute atomic E-state index is 0.201. The third-order valence-corrected chi connectivity index (χ3v) is 2.77. The van der Waals surface area contributed by atoms with E-state index in [4.69, 9.17) is 21.1 Å². The van der Waals surface area contributed by atoms with Crippen LogP contribution < -0.4 is 5.32 Å². The standard InChI is InChI=1S/C12H14ClNO2/c13-12-10(8-14-6-3-7-15)9-4-1-2-5-11(9)16-12/h1-2,4-5,14-15H,3,6-8H2. The highest BCUT2D eigenvalue weighted by atomic mass is 35.5. The summed E-state index contributed by atoms with van der Waals surface area (Å²) in [6.45, 7) is 1.63. The van der Waals surface area contributed by atoms with E-state index in [1.807, 2.05) is 24.3 Å². The predicted octanol–water partition coefficient (Wildman–Crippen LogP) is 2.56. The van der Waals surface area contributed by atoms with Crippen molar-refractivity contribution < 1.29 is 9.52 Å². The van der Waals surface area contributed by atoms with Crippen LogP contribution in [0.4, 0.5) is 0 Å². The van der Waals surface area contributed by atoms with Gasteiger partial charge in [0.1, 0.15) is 5.58 Å². The fourth-order valence-electron chi connectivity index (χ4n) is 1.65. The molecule has 86 valence electrons. The maximum absolute atomic E-state index is 8.67. The molecule has 2 aromatic rings.